The number of benzene rings is 1. The predicted molar refractivity (Wildman–Crippen MR) is 100.0 cm³/mol. The maximum Gasteiger partial charge on any atom is 0.303 e. The van der Waals surface area contributed by atoms with Gasteiger partial charge in [-0.25, -0.2) is 13.8 Å². The van der Waals surface area contributed by atoms with Crippen LogP contribution in [0.2, 0.25) is 0 Å². The smallest absolute Gasteiger partial charge is 0.303 e. The zero-order chi connectivity index (χ0) is 19.4. The van der Waals surface area contributed by atoms with Crippen molar-refractivity contribution in [3.05, 3.63) is 42.1 Å². The van der Waals surface area contributed by atoms with Gasteiger partial charge in [-0.3, -0.25) is 4.79 Å². The lowest BCUT2D eigenvalue weighted by Crippen LogP contribution is -2.14. The van der Waals surface area contributed by atoms with Gasteiger partial charge in [0.15, 0.2) is 17.4 Å². The fraction of sp³-hybridized carbons (Fsp3) is 0.400. The molecule has 1 aliphatic rings. The molecule has 144 valence electrons. The predicted octanol–water partition coefficient (Wildman–Crippen LogP) is 5.16. The van der Waals surface area contributed by atoms with E-state index in [9.17, 15) is 13.6 Å². The van der Waals surface area contributed by atoms with E-state index >= 15 is 0 Å². The highest BCUT2D eigenvalue weighted by atomic mass is 32.2. The van der Waals surface area contributed by atoms with Crippen LogP contribution in [0, 0.1) is 17.6 Å². The Morgan fingerprint density at radius 1 is 1.37 bits per heavy atom. The number of hydrogen-bond acceptors (Lipinski definition) is 4. The zero-order valence-electron chi connectivity index (χ0n) is 15.0. The summed E-state index contributed by atoms with van der Waals surface area (Å²) in [6.07, 6.45) is 5.02. The van der Waals surface area contributed by atoms with Gasteiger partial charge in [-0.05, 0) is 36.6 Å². The number of rotatable bonds is 8. The number of hydrogen-bond donors (Lipinski definition) is 1. The van der Waals surface area contributed by atoms with E-state index in [0.717, 1.165) is 17.9 Å². The first-order valence-corrected chi connectivity index (χ1v) is 9.77. The van der Waals surface area contributed by atoms with Gasteiger partial charge >= 0.3 is 5.97 Å². The molecule has 1 atom stereocenters. The van der Waals surface area contributed by atoms with E-state index in [1.807, 2.05) is 0 Å². The van der Waals surface area contributed by atoms with Crippen molar-refractivity contribution in [1.29, 1.82) is 0 Å². The van der Waals surface area contributed by atoms with E-state index in [-0.39, 0.29) is 18.9 Å². The minimum Gasteiger partial charge on any atom is -0.487 e. The van der Waals surface area contributed by atoms with E-state index in [4.69, 9.17) is 9.84 Å². The molecule has 1 aromatic heterocycles. The molecule has 0 radical (unpaired) electrons. The van der Waals surface area contributed by atoms with Crippen LogP contribution in [0.3, 0.4) is 0 Å². The summed E-state index contributed by atoms with van der Waals surface area (Å²) in [5, 5.41) is 10.0. The van der Waals surface area contributed by atoms with Crippen molar-refractivity contribution in [3.63, 3.8) is 0 Å². The SMILES string of the molecule is CC(COc1c(F)cc(-c2cccnc2SC2CCC2)cc1F)CC(=O)O. The molecule has 0 amide bonds. The highest BCUT2D eigenvalue weighted by molar-refractivity contribution is 8.00. The van der Waals surface area contributed by atoms with Gasteiger partial charge in [0.2, 0.25) is 0 Å². The summed E-state index contributed by atoms with van der Waals surface area (Å²) in [4.78, 5) is 15.1. The van der Waals surface area contributed by atoms with Gasteiger partial charge in [-0.1, -0.05) is 19.4 Å². The molecule has 1 N–H and O–H groups in total. The maximum atomic E-state index is 14.5. The summed E-state index contributed by atoms with van der Waals surface area (Å²) in [5.74, 6) is -3.43. The van der Waals surface area contributed by atoms with Gasteiger partial charge in [0, 0.05) is 22.9 Å². The number of carboxylic acids is 1. The van der Waals surface area contributed by atoms with Crippen molar-refractivity contribution < 1.29 is 23.4 Å². The van der Waals surface area contributed by atoms with Gasteiger partial charge in [0.25, 0.3) is 0 Å². The van der Waals surface area contributed by atoms with Crippen LogP contribution in [0.5, 0.6) is 5.75 Å². The lowest BCUT2D eigenvalue weighted by molar-refractivity contribution is -0.138. The number of carboxylic acid groups (broad SMARTS) is 1. The van der Waals surface area contributed by atoms with Crippen LogP contribution in [0.25, 0.3) is 11.1 Å². The van der Waals surface area contributed by atoms with Crippen molar-refractivity contribution in [2.45, 2.75) is 42.9 Å². The molecule has 0 aliphatic heterocycles. The molecule has 0 saturated heterocycles. The molecule has 3 rings (SSSR count). The van der Waals surface area contributed by atoms with Crippen LogP contribution in [-0.2, 0) is 4.79 Å². The third-order valence-electron chi connectivity index (χ3n) is 4.45. The summed E-state index contributed by atoms with van der Waals surface area (Å²) in [7, 11) is 0. The van der Waals surface area contributed by atoms with Crippen LogP contribution < -0.4 is 4.74 Å². The second kappa shape index (κ2) is 8.69. The molecule has 4 nitrogen and oxygen atoms in total. The second-order valence-corrected chi connectivity index (χ2v) is 8.10. The first kappa shape index (κ1) is 19.6. The second-order valence-electron chi connectivity index (χ2n) is 6.81. The Bertz CT molecular complexity index is 804. The Kier molecular flexibility index (Phi) is 6.31. The van der Waals surface area contributed by atoms with Crippen LogP contribution in [0.4, 0.5) is 8.78 Å². The summed E-state index contributed by atoms with van der Waals surface area (Å²) >= 11 is 1.64. The Labute approximate surface area is 161 Å². The molecule has 1 unspecified atom stereocenters. The van der Waals surface area contributed by atoms with Crippen molar-refractivity contribution in [3.8, 4) is 16.9 Å². The zero-order valence-corrected chi connectivity index (χ0v) is 15.8. The largest absolute Gasteiger partial charge is 0.487 e. The summed E-state index contributed by atoms with van der Waals surface area (Å²) in [6, 6.07) is 6.02. The van der Waals surface area contributed by atoms with E-state index in [1.165, 1.54) is 18.6 Å². The summed E-state index contributed by atoms with van der Waals surface area (Å²) in [5.41, 5.74) is 1.10. The van der Waals surface area contributed by atoms with Gasteiger partial charge in [-0.2, -0.15) is 0 Å². The van der Waals surface area contributed by atoms with Gasteiger partial charge in [0.05, 0.1) is 13.0 Å². The van der Waals surface area contributed by atoms with Gasteiger partial charge < -0.3 is 9.84 Å². The number of aromatic nitrogens is 1. The van der Waals surface area contributed by atoms with Crippen molar-refractivity contribution in [2.75, 3.05) is 6.61 Å². The maximum absolute atomic E-state index is 14.5. The average molecular weight is 393 g/mol. The molecule has 1 heterocycles. The van der Waals surface area contributed by atoms with Crippen LogP contribution >= 0.6 is 11.8 Å². The number of carbonyl (C=O) groups is 1. The van der Waals surface area contributed by atoms with Gasteiger partial charge in [-0.15, -0.1) is 11.8 Å². The number of nitrogens with zero attached hydrogens (tertiary/aromatic N) is 1. The monoisotopic (exact) mass is 393 g/mol. The molecular weight excluding hydrogens is 372 g/mol. The standard InChI is InChI=1S/C20H21F2NO3S/c1-12(8-18(24)25)11-26-19-16(21)9-13(10-17(19)22)15-6-3-7-23-20(15)27-14-4-2-5-14/h3,6-7,9-10,12,14H,2,4-5,8,11H2,1H3,(H,24,25). The Hall–Kier alpha value is -2.15. The topological polar surface area (TPSA) is 59.4 Å². The lowest BCUT2D eigenvalue weighted by Gasteiger charge is -2.25. The highest BCUT2D eigenvalue weighted by Crippen LogP contribution is 2.40. The molecule has 1 fully saturated rings. The molecule has 1 saturated carbocycles. The molecule has 1 aromatic carbocycles. The molecule has 0 spiro atoms. The van der Waals surface area contributed by atoms with E-state index in [1.54, 1.807) is 37.0 Å². The lowest BCUT2D eigenvalue weighted by atomic mass is 10.00. The third-order valence-corrected chi connectivity index (χ3v) is 5.80. The molecule has 0 bridgehead atoms. The Balaban J connectivity index is 1.79. The molecule has 27 heavy (non-hydrogen) atoms. The number of thioether (sulfide) groups is 1. The average Bonchev–Trinajstić information content (AvgIpc) is 2.57. The van der Waals surface area contributed by atoms with E-state index in [2.05, 4.69) is 4.98 Å². The highest BCUT2D eigenvalue weighted by Gasteiger charge is 2.22. The van der Waals surface area contributed by atoms with Crippen LogP contribution in [-0.4, -0.2) is 27.9 Å². The number of ether oxygens (including phenoxy) is 1. The van der Waals surface area contributed by atoms with Crippen LogP contribution in [0.15, 0.2) is 35.5 Å². The third kappa shape index (κ3) is 4.97. The minimum absolute atomic E-state index is 0.0742. The Morgan fingerprint density at radius 2 is 2.07 bits per heavy atom. The number of halogens is 2. The fourth-order valence-electron chi connectivity index (χ4n) is 2.79. The van der Waals surface area contributed by atoms with Crippen molar-refractivity contribution in [1.82, 2.24) is 4.98 Å². The normalized spacial score (nSPS) is 15.2. The van der Waals surface area contributed by atoms with E-state index in [0.29, 0.717) is 16.4 Å². The minimum atomic E-state index is -0.976. The fourth-order valence-corrected chi connectivity index (χ4v) is 4.11. The first-order chi connectivity index (χ1) is 12.9. The summed E-state index contributed by atoms with van der Waals surface area (Å²) < 4.78 is 34.2. The van der Waals surface area contributed by atoms with Gasteiger partial charge in [0.1, 0.15) is 5.03 Å². The number of aliphatic carboxylic acids is 1. The molecular formula is C20H21F2NO3S. The van der Waals surface area contributed by atoms with E-state index < -0.39 is 23.4 Å². The van der Waals surface area contributed by atoms with Crippen LogP contribution in [0.1, 0.15) is 32.6 Å². The Morgan fingerprint density at radius 3 is 2.67 bits per heavy atom. The number of pyridine rings is 1. The quantitative estimate of drug-likeness (QED) is 0.671. The van der Waals surface area contributed by atoms with Crippen molar-refractivity contribution in [2.24, 2.45) is 5.92 Å². The molecule has 2 aromatic rings. The molecule has 1 aliphatic carbocycles. The van der Waals surface area contributed by atoms with Crippen molar-refractivity contribution >= 4 is 17.7 Å². The molecule has 7 heteroatoms. The first-order valence-electron chi connectivity index (χ1n) is 8.89. The summed E-state index contributed by atoms with van der Waals surface area (Å²) in [6.45, 7) is 1.58.